The van der Waals surface area contributed by atoms with E-state index in [1.165, 1.54) is 12.1 Å². The fourth-order valence-electron chi connectivity index (χ4n) is 1.96. The summed E-state index contributed by atoms with van der Waals surface area (Å²) in [5.74, 6) is 1.71. The smallest absolute Gasteiger partial charge is 0.231 e. The van der Waals surface area contributed by atoms with Crippen LogP contribution in [0.3, 0.4) is 0 Å². The standard InChI is InChI=1S/C15H14FNO3/c16-11-2-4-12(5-3-11)18-8-13(17)10-1-6-14-15(7-10)20-9-19-14/h1-7,13H,8-9,17H2. The molecule has 0 aliphatic carbocycles. The molecule has 1 aliphatic heterocycles. The predicted molar refractivity (Wildman–Crippen MR) is 71.4 cm³/mol. The van der Waals surface area contributed by atoms with E-state index in [9.17, 15) is 4.39 Å². The SMILES string of the molecule is NC(COc1ccc(F)cc1)c1ccc2c(c1)OCO2. The first-order valence-corrected chi connectivity index (χ1v) is 6.26. The van der Waals surface area contributed by atoms with Gasteiger partial charge in [-0.1, -0.05) is 6.07 Å². The molecule has 1 aliphatic rings. The number of fused-ring (bicyclic) bond motifs is 1. The van der Waals surface area contributed by atoms with Gasteiger partial charge in [0.2, 0.25) is 6.79 Å². The average Bonchev–Trinajstić information content (AvgIpc) is 2.93. The van der Waals surface area contributed by atoms with Gasteiger partial charge in [-0.15, -0.1) is 0 Å². The van der Waals surface area contributed by atoms with Crippen molar-refractivity contribution in [2.24, 2.45) is 5.73 Å². The summed E-state index contributed by atoms with van der Waals surface area (Å²) in [6.07, 6.45) is 0. The van der Waals surface area contributed by atoms with Gasteiger partial charge < -0.3 is 19.9 Å². The highest BCUT2D eigenvalue weighted by atomic mass is 19.1. The third kappa shape index (κ3) is 2.67. The van der Waals surface area contributed by atoms with Gasteiger partial charge in [0.15, 0.2) is 11.5 Å². The number of ether oxygens (including phenoxy) is 3. The lowest BCUT2D eigenvalue weighted by molar-refractivity contribution is 0.174. The number of hydrogen-bond acceptors (Lipinski definition) is 4. The Bertz CT molecular complexity index is 601. The van der Waals surface area contributed by atoms with Crippen LogP contribution in [0.4, 0.5) is 4.39 Å². The Hall–Kier alpha value is -2.27. The Balaban J connectivity index is 1.64. The first-order valence-electron chi connectivity index (χ1n) is 6.26. The van der Waals surface area contributed by atoms with Gasteiger partial charge >= 0.3 is 0 Å². The molecule has 1 unspecified atom stereocenters. The van der Waals surface area contributed by atoms with Crippen LogP contribution in [0.5, 0.6) is 17.2 Å². The molecule has 3 rings (SSSR count). The third-order valence-electron chi connectivity index (χ3n) is 3.07. The fourth-order valence-corrected chi connectivity index (χ4v) is 1.96. The van der Waals surface area contributed by atoms with Crippen molar-refractivity contribution in [3.8, 4) is 17.2 Å². The van der Waals surface area contributed by atoms with E-state index in [-0.39, 0.29) is 18.7 Å². The van der Waals surface area contributed by atoms with Crippen molar-refractivity contribution in [1.29, 1.82) is 0 Å². The molecule has 20 heavy (non-hydrogen) atoms. The molecule has 0 bridgehead atoms. The molecule has 0 fully saturated rings. The molecule has 2 aromatic rings. The van der Waals surface area contributed by atoms with Crippen LogP contribution in [0.1, 0.15) is 11.6 Å². The second-order valence-electron chi connectivity index (χ2n) is 4.48. The molecule has 0 amide bonds. The molecule has 104 valence electrons. The van der Waals surface area contributed by atoms with Gasteiger partial charge in [0.1, 0.15) is 18.2 Å². The largest absolute Gasteiger partial charge is 0.492 e. The lowest BCUT2D eigenvalue weighted by Crippen LogP contribution is -2.18. The Morgan fingerprint density at radius 1 is 1.10 bits per heavy atom. The second kappa shape index (κ2) is 5.38. The highest BCUT2D eigenvalue weighted by Gasteiger charge is 2.16. The van der Waals surface area contributed by atoms with Gasteiger partial charge in [-0.25, -0.2) is 4.39 Å². The monoisotopic (exact) mass is 275 g/mol. The lowest BCUT2D eigenvalue weighted by Gasteiger charge is -2.14. The van der Waals surface area contributed by atoms with Gasteiger partial charge in [0.25, 0.3) is 0 Å². The quantitative estimate of drug-likeness (QED) is 0.932. The van der Waals surface area contributed by atoms with E-state index in [0.29, 0.717) is 18.1 Å². The van der Waals surface area contributed by atoms with Crippen molar-refractivity contribution in [2.45, 2.75) is 6.04 Å². The Morgan fingerprint density at radius 2 is 1.85 bits per heavy atom. The molecule has 0 saturated carbocycles. The number of nitrogens with two attached hydrogens (primary N) is 1. The molecule has 2 N–H and O–H groups in total. The summed E-state index contributed by atoms with van der Waals surface area (Å²) in [5, 5.41) is 0. The van der Waals surface area contributed by atoms with Crippen LogP contribution >= 0.6 is 0 Å². The van der Waals surface area contributed by atoms with Crippen LogP contribution < -0.4 is 19.9 Å². The minimum Gasteiger partial charge on any atom is -0.492 e. The zero-order chi connectivity index (χ0) is 13.9. The van der Waals surface area contributed by atoms with Crippen LogP contribution in [0.2, 0.25) is 0 Å². The lowest BCUT2D eigenvalue weighted by atomic mass is 10.1. The Kier molecular flexibility index (Phi) is 3.43. The minimum atomic E-state index is -0.297. The number of halogens is 1. The summed E-state index contributed by atoms with van der Waals surface area (Å²) in [7, 11) is 0. The van der Waals surface area contributed by atoms with E-state index < -0.39 is 0 Å². The maximum atomic E-state index is 12.8. The molecule has 0 saturated heterocycles. The van der Waals surface area contributed by atoms with Gasteiger partial charge in [-0.2, -0.15) is 0 Å². The number of hydrogen-bond donors (Lipinski definition) is 1. The zero-order valence-corrected chi connectivity index (χ0v) is 10.7. The molecular weight excluding hydrogens is 261 g/mol. The van der Waals surface area contributed by atoms with Gasteiger partial charge in [-0.05, 0) is 42.0 Å². The third-order valence-corrected chi connectivity index (χ3v) is 3.07. The van der Waals surface area contributed by atoms with Crippen LogP contribution in [-0.2, 0) is 0 Å². The molecule has 0 aromatic heterocycles. The summed E-state index contributed by atoms with van der Waals surface area (Å²) >= 11 is 0. The predicted octanol–water partition coefficient (Wildman–Crippen LogP) is 2.63. The maximum Gasteiger partial charge on any atom is 0.231 e. The minimum absolute atomic E-state index is 0.236. The van der Waals surface area contributed by atoms with Crippen molar-refractivity contribution in [3.05, 3.63) is 53.8 Å². The molecular formula is C15H14FNO3. The number of rotatable bonds is 4. The maximum absolute atomic E-state index is 12.8. The first-order chi connectivity index (χ1) is 9.72. The van der Waals surface area contributed by atoms with Crippen molar-refractivity contribution >= 4 is 0 Å². The van der Waals surface area contributed by atoms with Crippen molar-refractivity contribution in [1.82, 2.24) is 0 Å². The van der Waals surface area contributed by atoms with Crippen molar-refractivity contribution < 1.29 is 18.6 Å². The normalized spacial score (nSPS) is 14.1. The van der Waals surface area contributed by atoms with Crippen LogP contribution in [0, 0.1) is 5.82 Å². The molecule has 0 radical (unpaired) electrons. The Labute approximate surface area is 115 Å². The second-order valence-corrected chi connectivity index (χ2v) is 4.48. The highest BCUT2D eigenvalue weighted by Crippen LogP contribution is 2.33. The molecule has 1 atom stereocenters. The average molecular weight is 275 g/mol. The molecule has 4 nitrogen and oxygen atoms in total. The fraction of sp³-hybridized carbons (Fsp3) is 0.200. The summed E-state index contributed by atoms with van der Waals surface area (Å²) in [5.41, 5.74) is 6.97. The first kappa shape index (κ1) is 12.7. The van der Waals surface area contributed by atoms with Crippen molar-refractivity contribution in [3.63, 3.8) is 0 Å². The van der Waals surface area contributed by atoms with Crippen LogP contribution in [0.15, 0.2) is 42.5 Å². The molecule has 0 spiro atoms. The highest BCUT2D eigenvalue weighted by molar-refractivity contribution is 5.45. The zero-order valence-electron chi connectivity index (χ0n) is 10.7. The summed E-state index contributed by atoms with van der Waals surface area (Å²) in [4.78, 5) is 0. The van der Waals surface area contributed by atoms with Gasteiger partial charge in [0.05, 0.1) is 6.04 Å². The van der Waals surface area contributed by atoms with E-state index in [0.717, 1.165) is 11.3 Å². The van der Waals surface area contributed by atoms with E-state index in [4.69, 9.17) is 19.9 Å². The summed E-state index contributed by atoms with van der Waals surface area (Å²) in [6.45, 7) is 0.533. The topological polar surface area (TPSA) is 53.7 Å². The molecule has 1 heterocycles. The van der Waals surface area contributed by atoms with E-state index in [2.05, 4.69) is 0 Å². The molecule has 5 heteroatoms. The summed E-state index contributed by atoms with van der Waals surface area (Å²) < 4.78 is 28.9. The number of benzene rings is 2. The van der Waals surface area contributed by atoms with E-state index in [1.54, 1.807) is 12.1 Å². The van der Waals surface area contributed by atoms with Crippen molar-refractivity contribution in [2.75, 3.05) is 13.4 Å². The van der Waals surface area contributed by atoms with Crippen LogP contribution in [-0.4, -0.2) is 13.4 Å². The van der Waals surface area contributed by atoms with E-state index >= 15 is 0 Å². The van der Waals surface area contributed by atoms with E-state index in [1.807, 2.05) is 18.2 Å². The van der Waals surface area contributed by atoms with Gasteiger partial charge in [0, 0.05) is 0 Å². The summed E-state index contributed by atoms with van der Waals surface area (Å²) in [6, 6.07) is 11.1. The van der Waals surface area contributed by atoms with Crippen LogP contribution in [0.25, 0.3) is 0 Å². The Morgan fingerprint density at radius 3 is 2.65 bits per heavy atom. The van der Waals surface area contributed by atoms with Gasteiger partial charge in [-0.3, -0.25) is 0 Å². The molecule has 2 aromatic carbocycles.